The molecule has 0 amide bonds. The molecule has 1 saturated heterocycles. The van der Waals surface area contributed by atoms with Crippen molar-refractivity contribution < 1.29 is 34.4 Å². The number of hydrogen-bond acceptors (Lipinski definition) is 6. The van der Waals surface area contributed by atoms with Gasteiger partial charge < -0.3 is 35.6 Å². The van der Waals surface area contributed by atoms with E-state index in [1.807, 2.05) is 0 Å². The number of ether oxygens (including phenoxy) is 1. The van der Waals surface area contributed by atoms with E-state index in [0.717, 1.165) is 0 Å². The molecule has 1 fully saturated rings. The zero-order valence-corrected chi connectivity index (χ0v) is 7.86. The SMILES string of the molecule is NC1O[C@H](C(O)P(=O)(O)O)[C@@H](O)[C@H]1O. The van der Waals surface area contributed by atoms with Crippen molar-refractivity contribution in [3.8, 4) is 0 Å². The van der Waals surface area contributed by atoms with Gasteiger partial charge in [-0.1, -0.05) is 0 Å². The first kappa shape index (κ1) is 12.0. The van der Waals surface area contributed by atoms with E-state index in [1.165, 1.54) is 0 Å². The molecule has 1 aliphatic rings. The lowest BCUT2D eigenvalue weighted by Crippen LogP contribution is -2.39. The number of rotatable bonds is 2. The monoisotopic (exact) mass is 229 g/mol. The van der Waals surface area contributed by atoms with E-state index < -0.39 is 38.0 Å². The van der Waals surface area contributed by atoms with Crippen LogP contribution in [-0.4, -0.2) is 55.5 Å². The fourth-order valence-electron chi connectivity index (χ4n) is 1.17. The van der Waals surface area contributed by atoms with Crippen molar-refractivity contribution >= 4 is 7.60 Å². The van der Waals surface area contributed by atoms with Gasteiger partial charge >= 0.3 is 7.60 Å². The van der Waals surface area contributed by atoms with Crippen LogP contribution in [0, 0.1) is 0 Å². The van der Waals surface area contributed by atoms with Crippen LogP contribution in [0.2, 0.25) is 0 Å². The summed E-state index contributed by atoms with van der Waals surface area (Å²) in [5, 5.41) is 27.4. The van der Waals surface area contributed by atoms with Gasteiger partial charge in [0.05, 0.1) is 0 Å². The second-order valence-corrected chi connectivity index (χ2v) is 4.76. The molecule has 5 atom stereocenters. The summed E-state index contributed by atoms with van der Waals surface area (Å²) in [6.07, 6.45) is -5.94. The van der Waals surface area contributed by atoms with Crippen LogP contribution in [0.3, 0.4) is 0 Å². The maximum atomic E-state index is 10.6. The fraction of sp³-hybridized carbons (Fsp3) is 1.00. The van der Waals surface area contributed by atoms with Gasteiger partial charge in [0.15, 0.2) is 5.85 Å². The van der Waals surface area contributed by atoms with Crippen LogP contribution in [0.5, 0.6) is 0 Å². The second-order valence-electron chi connectivity index (χ2n) is 3.05. The Morgan fingerprint density at radius 3 is 2.07 bits per heavy atom. The third-order valence-electron chi connectivity index (χ3n) is 1.98. The first-order valence-electron chi connectivity index (χ1n) is 3.75. The van der Waals surface area contributed by atoms with E-state index in [0.29, 0.717) is 0 Å². The number of aliphatic hydroxyl groups excluding tert-OH is 3. The molecule has 8 nitrogen and oxygen atoms in total. The highest BCUT2D eigenvalue weighted by molar-refractivity contribution is 7.52. The Balaban J connectivity index is 2.76. The molecule has 1 rings (SSSR count). The lowest BCUT2D eigenvalue weighted by molar-refractivity contribution is -0.0424. The summed E-state index contributed by atoms with van der Waals surface area (Å²) in [5.74, 6) is -2.19. The maximum Gasteiger partial charge on any atom is 0.356 e. The Morgan fingerprint density at radius 1 is 1.29 bits per heavy atom. The first-order chi connectivity index (χ1) is 6.25. The lowest BCUT2D eigenvalue weighted by atomic mass is 10.1. The summed E-state index contributed by atoms with van der Waals surface area (Å²) in [5.41, 5.74) is 5.14. The molecular weight excluding hydrogens is 217 g/mol. The molecule has 0 aliphatic carbocycles. The molecule has 0 spiro atoms. The van der Waals surface area contributed by atoms with Crippen LogP contribution in [0.4, 0.5) is 0 Å². The van der Waals surface area contributed by atoms with Crippen LogP contribution in [0.1, 0.15) is 0 Å². The van der Waals surface area contributed by atoms with Gasteiger partial charge in [-0.2, -0.15) is 0 Å². The molecule has 7 N–H and O–H groups in total. The predicted octanol–water partition coefficient (Wildman–Crippen LogP) is -3.11. The number of hydrogen-bond donors (Lipinski definition) is 6. The van der Waals surface area contributed by atoms with Crippen molar-refractivity contribution in [2.45, 2.75) is 30.4 Å². The molecule has 0 aromatic rings. The van der Waals surface area contributed by atoms with Crippen LogP contribution >= 0.6 is 7.60 Å². The largest absolute Gasteiger partial charge is 0.387 e. The topological polar surface area (TPSA) is 153 Å². The highest BCUT2D eigenvalue weighted by Crippen LogP contribution is 2.44. The van der Waals surface area contributed by atoms with E-state index in [-0.39, 0.29) is 0 Å². The molecule has 0 aromatic carbocycles. The predicted molar refractivity (Wildman–Crippen MR) is 42.9 cm³/mol. The van der Waals surface area contributed by atoms with E-state index >= 15 is 0 Å². The van der Waals surface area contributed by atoms with Crippen molar-refractivity contribution in [2.24, 2.45) is 5.73 Å². The van der Waals surface area contributed by atoms with E-state index in [9.17, 15) is 9.67 Å². The zero-order chi connectivity index (χ0) is 11.1. The second kappa shape index (κ2) is 3.84. The van der Waals surface area contributed by atoms with Crippen molar-refractivity contribution in [2.75, 3.05) is 0 Å². The van der Waals surface area contributed by atoms with Crippen LogP contribution in [-0.2, 0) is 9.30 Å². The minimum Gasteiger partial charge on any atom is -0.387 e. The van der Waals surface area contributed by atoms with Crippen molar-refractivity contribution in [3.63, 3.8) is 0 Å². The average Bonchev–Trinajstić information content (AvgIpc) is 2.30. The normalized spacial score (nSPS) is 41.3. The molecule has 1 heterocycles. The highest BCUT2D eigenvalue weighted by Gasteiger charge is 2.49. The maximum absolute atomic E-state index is 10.6. The molecular formula is C5H12NO7P. The van der Waals surface area contributed by atoms with Crippen molar-refractivity contribution in [3.05, 3.63) is 0 Å². The molecule has 0 bridgehead atoms. The zero-order valence-electron chi connectivity index (χ0n) is 6.96. The van der Waals surface area contributed by atoms with Gasteiger partial charge in [0.2, 0.25) is 0 Å². The summed E-state index contributed by atoms with van der Waals surface area (Å²) >= 11 is 0. The Labute approximate surface area is 79.1 Å². The van der Waals surface area contributed by atoms with Crippen LogP contribution in [0.25, 0.3) is 0 Å². The van der Waals surface area contributed by atoms with Crippen LogP contribution in [0.15, 0.2) is 0 Å². The Bertz CT molecular complexity index is 254. The van der Waals surface area contributed by atoms with Gasteiger partial charge in [-0.25, -0.2) is 0 Å². The summed E-state index contributed by atoms with van der Waals surface area (Å²) < 4.78 is 15.2. The Hall–Kier alpha value is -0.0500. The number of nitrogens with two attached hydrogens (primary N) is 1. The first-order valence-corrected chi connectivity index (χ1v) is 5.43. The average molecular weight is 229 g/mol. The standard InChI is InChI=1S/C5H12NO7P/c6-4-2(8)1(7)3(13-4)5(9)14(10,11)12/h1-5,7-9H,6H2,(H2,10,11,12)/t1-,2+,3-,4?,5?/m0/s1. The third-order valence-corrected chi connectivity index (χ3v) is 2.96. The minimum atomic E-state index is -4.79. The quantitative estimate of drug-likeness (QED) is 0.272. The summed E-state index contributed by atoms with van der Waals surface area (Å²) in [7, 11) is -4.79. The smallest absolute Gasteiger partial charge is 0.356 e. The van der Waals surface area contributed by atoms with Gasteiger partial charge in [0.25, 0.3) is 0 Å². The Kier molecular flexibility index (Phi) is 3.30. The summed E-state index contributed by atoms with van der Waals surface area (Å²) in [4.78, 5) is 17.2. The summed E-state index contributed by atoms with van der Waals surface area (Å²) in [6, 6.07) is 0. The van der Waals surface area contributed by atoms with E-state index in [1.54, 1.807) is 0 Å². The molecule has 1 aliphatic heterocycles. The van der Waals surface area contributed by atoms with Crippen molar-refractivity contribution in [1.29, 1.82) is 0 Å². The van der Waals surface area contributed by atoms with E-state index in [4.69, 9.17) is 25.7 Å². The highest BCUT2D eigenvalue weighted by atomic mass is 31.2. The molecule has 0 radical (unpaired) electrons. The van der Waals surface area contributed by atoms with Gasteiger partial charge in [-0.3, -0.25) is 4.57 Å². The molecule has 84 valence electrons. The van der Waals surface area contributed by atoms with Gasteiger partial charge in [-0.05, 0) is 0 Å². The molecule has 0 saturated carbocycles. The third kappa shape index (κ3) is 2.13. The Morgan fingerprint density at radius 2 is 1.79 bits per heavy atom. The van der Waals surface area contributed by atoms with Crippen LogP contribution < -0.4 is 5.73 Å². The minimum absolute atomic E-state index is 1.27. The molecule has 2 unspecified atom stereocenters. The molecule has 14 heavy (non-hydrogen) atoms. The van der Waals surface area contributed by atoms with Crippen molar-refractivity contribution in [1.82, 2.24) is 0 Å². The van der Waals surface area contributed by atoms with Gasteiger partial charge in [0.1, 0.15) is 24.5 Å². The van der Waals surface area contributed by atoms with Gasteiger partial charge in [0, 0.05) is 0 Å². The fourth-order valence-corrected chi connectivity index (χ4v) is 1.80. The number of aliphatic hydroxyl groups is 3. The van der Waals surface area contributed by atoms with Gasteiger partial charge in [-0.15, -0.1) is 0 Å². The molecule has 9 heteroatoms. The summed E-state index contributed by atoms with van der Waals surface area (Å²) in [6.45, 7) is 0. The molecule has 0 aromatic heterocycles. The lowest BCUT2D eigenvalue weighted by Gasteiger charge is -2.21. The van der Waals surface area contributed by atoms with E-state index in [2.05, 4.69) is 4.74 Å².